The lowest BCUT2D eigenvalue weighted by Crippen LogP contribution is -2.44. The molecule has 5 nitrogen and oxygen atoms in total. The van der Waals surface area contributed by atoms with E-state index in [9.17, 15) is 14.7 Å². The van der Waals surface area contributed by atoms with Crippen molar-refractivity contribution >= 4 is 23.8 Å². The van der Waals surface area contributed by atoms with Gasteiger partial charge in [-0.3, -0.25) is 0 Å². The van der Waals surface area contributed by atoms with Crippen LogP contribution in [0.5, 0.6) is 0 Å². The second-order valence-corrected chi connectivity index (χ2v) is 8.56. The number of nitrogens with one attached hydrogen (secondary N) is 1. The van der Waals surface area contributed by atoms with Gasteiger partial charge in [-0.1, -0.05) is 54.6 Å². The van der Waals surface area contributed by atoms with Gasteiger partial charge in [-0.25, -0.2) is 9.59 Å². The van der Waals surface area contributed by atoms with Crippen LogP contribution in [-0.4, -0.2) is 34.6 Å². The van der Waals surface area contributed by atoms with Crippen LogP contribution in [0.1, 0.15) is 37.5 Å². The van der Waals surface area contributed by atoms with Crippen LogP contribution >= 0.6 is 11.8 Å². The van der Waals surface area contributed by atoms with Crippen molar-refractivity contribution in [2.75, 3.05) is 5.75 Å². The van der Waals surface area contributed by atoms with E-state index in [4.69, 9.17) is 4.74 Å². The van der Waals surface area contributed by atoms with E-state index in [2.05, 4.69) is 41.7 Å². The predicted molar refractivity (Wildman–Crippen MR) is 113 cm³/mol. The Bertz CT molecular complexity index is 769. The molecule has 28 heavy (non-hydrogen) atoms. The Morgan fingerprint density at radius 2 is 1.57 bits per heavy atom. The van der Waals surface area contributed by atoms with Gasteiger partial charge in [0.2, 0.25) is 0 Å². The third kappa shape index (κ3) is 8.05. The molecule has 0 aliphatic rings. The summed E-state index contributed by atoms with van der Waals surface area (Å²) in [6.45, 7) is 5.20. The fraction of sp³-hybridized carbons (Fsp3) is 0.364. The topological polar surface area (TPSA) is 75.6 Å². The van der Waals surface area contributed by atoms with Crippen LogP contribution in [0.4, 0.5) is 4.79 Å². The molecule has 0 aromatic heterocycles. The van der Waals surface area contributed by atoms with Crippen molar-refractivity contribution in [2.45, 2.75) is 44.6 Å². The highest BCUT2D eigenvalue weighted by molar-refractivity contribution is 7.98. The minimum atomic E-state index is -1.07. The lowest BCUT2D eigenvalue weighted by atomic mass is 10.0. The number of benzene rings is 2. The van der Waals surface area contributed by atoms with Gasteiger partial charge in [0, 0.05) is 11.5 Å². The van der Waals surface area contributed by atoms with Crippen LogP contribution in [0.15, 0.2) is 54.6 Å². The van der Waals surface area contributed by atoms with E-state index in [1.54, 1.807) is 20.8 Å². The van der Waals surface area contributed by atoms with Gasteiger partial charge < -0.3 is 15.2 Å². The highest BCUT2D eigenvalue weighted by atomic mass is 32.2. The van der Waals surface area contributed by atoms with E-state index >= 15 is 0 Å². The average Bonchev–Trinajstić information content (AvgIpc) is 2.61. The van der Waals surface area contributed by atoms with Crippen LogP contribution in [0, 0.1) is 0 Å². The SMILES string of the molecule is CC(C)(C)OC(=O)NC(CSCc1ccc(Cc2ccccc2)cc1)C(=O)O. The van der Waals surface area contributed by atoms with Crippen molar-refractivity contribution in [1.82, 2.24) is 5.32 Å². The molecule has 1 unspecified atom stereocenters. The van der Waals surface area contributed by atoms with Crippen molar-refractivity contribution in [3.63, 3.8) is 0 Å². The first-order chi connectivity index (χ1) is 13.2. The van der Waals surface area contributed by atoms with Gasteiger partial charge in [-0.15, -0.1) is 0 Å². The fourth-order valence-corrected chi connectivity index (χ4v) is 3.51. The molecule has 1 atom stereocenters. The second-order valence-electron chi connectivity index (χ2n) is 7.53. The summed E-state index contributed by atoms with van der Waals surface area (Å²) >= 11 is 1.46. The highest BCUT2D eigenvalue weighted by Gasteiger charge is 2.23. The van der Waals surface area contributed by atoms with Gasteiger partial charge in [0.05, 0.1) is 0 Å². The second kappa shape index (κ2) is 10.2. The Hall–Kier alpha value is -2.47. The summed E-state index contributed by atoms with van der Waals surface area (Å²) in [7, 11) is 0. The Kier molecular flexibility index (Phi) is 7.93. The smallest absolute Gasteiger partial charge is 0.408 e. The summed E-state index contributed by atoms with van der Waals surface area (Å²) < 4.78 is 5.12. The van der Waals surface area contributed by atoms with Crippen LogP contribution < -0.4 is 5.32 Å². The summed E-state index contributed by atoms with van der Waals surface area (Å²) in [6.07, 6.45) is 0.167. The van der Waals surface area contributed by atoms with Gasteiger partial charge >= 0.3 is 12.1 Å². The van der Waals surface area contributed by atoms with E-state index in [0.29, 0.717) is 5.75 Å². The van der Waals surface area contributed by atoms with E-state index in [1.165, 1.54) is 22.9 Å². The summed E-state index contributed by atoms with van der Waals surface area (Å²) in [5.41, 5.74) is 2.95. The zero-order valence-electron chi connectivity index (χ0n) is 16.5. The molecular formula is C22H27NO4S. The molecule has 0 saturated heterocycles. The monoisotopic (exact) mass is 401 g/mol. The number of amides is 1. The van der Waals surface area contributed by atoms with Crippen molar-refractivity contribution in [2.24, 2.45) is 0 Å². The molecule has 1 amide bonds. The number of rotatable bonds is 8. The van der Waals surface area contributed by atoms with Crippen molar-refractivity contribution in [3.05, 3.63) is 71.3 Å². The first-order valence-electron chi connectivity index (χ1n) is 9.15. The molecule has 2 aromatic rings. The Labute approximate surface area is 170 Å². The number of carboxylic acid groups (broad SMARTS) is 1. The molecule has 2 aromatic carbocycles. The molecule has 0 fully saturated rings. The van der Waals surface area contributed by atoms with E-state index in [0.717, 1.165) is 12.0 Å². The molecule has 0 heterocycles. The molecule has 0 aliphatic carbocycles. The van der Waals surface area contributed by atoms with Crippen LogP contribution in [0.2, 0.25) is 0 Å². The first-order valence-corrected chi connectivity index (χ1v) is 10.3. The average molecular weight is 402 g/mol. The molecule has 0 bridgehead atoms. The van der Waals surface area contributed by atoms with Crippen molar-refractivity contribution in [1.29, 1.82) is 0 Å². The molecular weight excluding hydrogens is 374 g/mol. The highest BCUT2D eigenvalue weighted by Crippen LogP contribution is 2.16. The minimum Gasteiger partial charge on any atom is -0.480 e. The van der Waals surface area contributed by atoms with Gasteiger partial charge in [0.15, 0.2) is 0 Å². The van der Waals surface area contributed by atoms with Crippen LogP contribution in [-0.2, 0) is 21.7 Å². The number of alkyl carbamates (subject to hydrolysis) is 1. The summed E-state index contributed by atoms with van der Waals surface area (Å²) in [5.74, 6) is -0.136. The minimum absolute atomic E-state index is 0.264. The molecule has 0 radical (unpaired) electrons. The lowest BCUT2D eigenvalue weighted by molar-refractivity contribution is -0.138. The quantitative estimate of drug-likeness (QED) is 0.682. The number of carboxylic acids is 1. The number of hydrogen-bond donors (Lipinski definition) is 2. The maximum absolute atomic E-state index is 11.8. The molecule has 150 valence electrons. The standard InChI is InChI=1S/C22H27NO4S/c1-22(2,3)27-21(26)23-19(20(24)25)15-28-14-18-11-9-17(10-12-18)13-16-7-5-4-6-8-16/h4-12,19H,13-15H2,1-3H3,(H,23,26)(H,24,25). The number of hydrogen-bond acceptors (Lipinski definition) is 4. The number of carbonyl (C=O) groups is 2. The molecule has 2 rings (SSSR count). The molecule has 0 aliphatic heterocycles. The van der Waals surface area contributed by atoms with Crippen LogP contribution in [0.3, 0.4) is 0 Å². The maximum Gasteiger partial charge on any atom is 0.408 e. The Morgan fingerprint density at radius 3 is 2.14 bits per heavy atom. The fourth-order valence-electron chi connectivity index (χ4n) is 2.50. The van der Waals surface area contributed by atoms with Crippen molar-refractivity contribution in [3.8, 4) is 0 Å². The largest absolute Gasteiger partial charge is 0.480 e. The molecule has 6 heteroatoms. The summed E-state index contributed by atoms with van der Waals surface area (Å²) in [5, 5.41) is 11.7. The third-order valence-electron chi connectivity index (χ3n) is 3.82. The van der Waals surface area contributed by atoms with E-state index < -0.39 is 23.7 Å². The lowest BCUT2D eigenvalue weighted by Gasteiger charge is -2.21. The van der Waals surface area contributed by atoms with E-state index in [-0.39, 0.29) is 5.75 Å². The summed E-state index contributed by atoms with van der Waals surface area (Å²) in [4.78, 5) is 23.2. The number of carbonyl (C=O) groups excluding carboxylic acids is 1. The predicted octanol–water partition coefficient (Wildman–Crippen LogP) is 4.49. The number of ether oxygens (including phenoxy) is 1. The van der Waals surface area contributed by atoms with Crippen LogP contribution in [0.25, 0.3) is 0 Å². The van der Waals surface area contributed by atoms with Gasteiger partial charge in [-0.05, 0) is 43.9 Å². The maximum atomic E-state index is 11.8. The normalized spacial score (nSPS) is 12.2. The number of aliphatic carboxylic acids is 1. The molecule has 2 N–H and O–H groups in total. The zero-order valence-corrected chi connectivity index (χ0v) is 17.3. The Morgan fingerprint density at radius 1 is 1.00 bits per heavy atom. The number of thioether (sulfide) groups is 1. The van der Waals surface area contributed by atoms with E-state index in [1.807, 2.05) is 18.2 Å². The summed E-state index contributed by atoms with van der Waals surface area (Å²) in [6, 6.07) is 17.6. The molecule has 0 saturated carbocycles. The molecule has 0 spiro atoms. The third-order valence-corrected chi connectivity index (χ3v) is 4.92. The Balaban J connectivity index is 1.81. The van der Waals surface area contributed by atoms with Gasteiger partial charge in [0.25, 0.3) is 0 Å². The van der Waals surface area contributed by atoms with Gasteiger partial charge in [-0.2, -0.15) is 11.8 Å². The zero-order chi connectivity index (χ0) is 20.6. The van der Waals surface area contributed by atoms with Crippen molar-refractivity contribution < 1.29 is 19.4 Å². The van der Waals surface area contributed by atoms with Gasteiger partial charge in [0.1, 0.15) is 11.6 Å². The first kappa shape index (κ1) is 21.8.